The highest BCUT2D eigenvalue weighted by Crippen LogP contribution is 2.25. The zero-order valence-corrected chi connectivity index (χ0v) is 12.6. The molecule has 0 radical (unpaired) electrons. The summed E-state index contributed by atoms with van der Waals surface area (Å²) in [5.74, 6) is 1.76. The molecule has 1 unspecified atom stereocenters. The summed E-state index contributed by atoms with van der Waals surface area (Å²) in [5, 5.41) is 6.84. The lowest BCUT2D eigenvalue weighted by Crippen LogP contribution is -2.41. The first kappa shape index (κ1) is 15.0. The molecule has 0 aliphatic carbocycles. The van der Waals surface area contributed by atoms with Gasteiger partial charge in [0.05, 0.1) is 6.04 Å². The molecule has 1 N–H and O–H groups in total. The van der Waals surface area contributed by atoms with E-state index in [1.165, 1.54) is 0 Å². The van der Waals surface area contributed by atoms with Gasteiger partial charge in [-0.2, -0.15) is 4.98 Å². The number of likely N-dealkylation sites (tertiary alicyclic amines) is 1. The molecule has 1 aromatic rings. The van der Waals surface area contributed by atoms with Gasteiger partial charge in [-0.25, -0.2) is 0 Å². The Kier molecular flexibility index (Phi) is 5.11. The lowest BCUT2D eigenvalue weighted by Gasteiger charge is -2.33. The Balaban J connectivity index is 1.88. The van der Waals surface area contributed by atoms with E-state index in [1.54, 1.807) is 0 Å². The Morgan fingerprint density at radius 3 is 2.70 bits per heavy atom. The van der Waals surface area contributed by atoms with Gasteiger partial charge < -0.3 is 9.84 Å². The zero-order valence-electron chi connectivity index (χ0n) is 12.6. The summed E-state index contributed by atoms with van der Waals surface area (Å²) in [5.41, 5.74) is 0. The van der Waals surface area contributed by atoms with Crippen molar-refractivity contribution in [2.24, 2.45) is 5.92 Å². The third kappa shape index (κ3) is 3.36. The maximum atomic E-state index is 11.8. The molecule has 20 heavy (non-hydrogen) atoms. The number of carbonyl (C=O) groups excluding carboxylic acids is 1. The van der Waals surface area contributed by atoms with Crippen molar-refractivity contribution in [2.75, 3.05) is 19.6 Å². The van der Waals surface area contributed by atoms with E-state index in [-0.39, 0.29) is 17.9 Å². The molecule has 1 fully saturated rings. The minimum absolute atomic E-state index is 0.123. The third-order valence-corrected chi connectivity index (χ3v) is 3.96. The fourth-order valence-corrected chi connectivity index (χ4v) is 2.60. The van der Waals surface area contributed by atoms with Gasteiger partial charge in [-0.1, -0.05) is 12.1 Å². The summed E-state index contributed by atoms with van der Waals surface area (Å²) in [7, 11) is 0. The average molecular weight is 280 g/mol. The summed E-state index contributed by atoms with van der Waals surface area (Å²) in [6, 6.07) is 0.123. The van der Waals surface area contributed by atoms with Crippen molar-refractivity contribution in [1.82, 2.24) is 20.4 Å². The number of aryl methyl sites for hydroxylation is 1. The van der Waals surface area contributed by atoms with Crippen LogP contribution in [0.3, 0.4) is 0 Å². The Labute approximate surface area is 119 Å². The molecule has 112 valence electrons. The topological polar surface area (TPSA) is 71.3 Å². The second-order valence-corrected chi connectivity index (χ2v) is 5.28. The van der Waals surface area contributed by atoms with Gasteiger partial charge in [-0.05, 0) is 39.8 Å². The molecular formula is C14H24N4O2. The molecule has 1 aliphatic heterocycles. The molecule has 1 aromatic heterocycles. The van der Waals surface area contributed by atoms with E-state index in [4.69, 9.17) is 4.52 Å². The van der Waals surface area contributed by atoms with Crippen LogP contribution in [0.4, 0.5) is 0 Å². The highest BCUT2D eigenvalue weighted by atomic mass is 16.5. The summed E-state index contributed by atoms with van der Waals surface area (Å²) in [4.78, 5) is 18.5. The second-order valence-electron chi connectivity index (χ2n) is 5.28. The Hall–Kier alpha value is -1.43. The van der Waals surface area contributed by atoms with Crippen LogP contribution in [0, 0.1) is 5.92 Å². The van der Waals surface area contributed by atoms with Crippen LogP contribution in [-0.2, 0) is 11.2 Å². The Morgan fingerprint density at radius 1 is 1.45 bits per heavy atom. The summed E-state index contributed by atoms with van der Waals surface area (Å²) in [6.45, 7) is 8.55. The average Bonchev–Trinajstić information content (AvgIpc) is 2.96. The molecule has 0 saturated carbocycles. The van der Waals surface area contributed by atoms with Crippen LogP contribution in [0.5, 0.6) is 0 Å². The van der Waals surface area contributed by atoms with Crippen LogP contribution in [0.2, 0.25) is 0 Å². The molecular weight excluding hydrogens is 256 g/mol. The van der Waals surface area contributed by atoms with Gasteiger partial charge >= 0.3 is 0 Å². The van der Waals surface area contributed by atoms with Crippen LogP contribution >= 0.6 is 0 Å². The normalized spacial score (nSPS) is 18.9. The molecule has 0 bridgehead atoms. The van der Waals surface area contributed by atoms with E-state index in [9.17, 15) is 4.79 Å². The van der Waals surface area contributed by atoms with E-state index in [1.807, 2.05) is 13.8 Å². The number of aromatic nitrogens is 2. The van der Waals surface area contributed by atoms with E-state index >= 15 is 0 Å². The molecule has 1 atom stereocenters. The smallest absolute Gasteiger partial charge is 0.243 e. The largest absolute Gasteiger partial charge is 0.356 e. The van der Waals surface area contributed by atoms with Gasteiger partial charge in [0.2, 0.25) is 11.8 Å². The van der Waals surface area contributed by atoms with Crippen LogP contribution in [0.1, 0.15) is 51.4 Å². The fraction of sp³-hybridized carbons (Fsp3) is 0.786. The number of piperidine rings is 1. The summed E-state index contributed by atoms with van der Waals surface area (Å²) in [6.07, 6.45) is 2.57. The number of nitrogens with one attached hydrogen (secondary N) is 1. The second kappa shape index (κ2) is 6.83. The molecule has 1 aliphatic rings. The standard InChI is InChI=1S/C14H24N4O2/c1-4-12-16-14(20-17-12)10(3)18-8-6-11(7-9-18)13(19)15-5-2/h10-11H,4-9H2,1-3H3,(H,15,19). The van der Waals surface area contributed by atoms with E-state index in [2.05, 4.69) is 27.3 Å². The lowest BCUT2D eigenvalue weighted by molar-refractivity contribution is -0.126. The van der Waals surface area contributed by atoms with Gasteiger partial charge in [0.25, 0.3) is 0 Å². The zero-order chi connectivity index (χ0) is 14.5. The van der Waals surface area contributed by atoms with E-state index in [0.717, 1.165) is 38.2 Å². The van der Waals surface area contributed by atoms with Gasteiger partial charge in [0.1, 0.15) is 0 Å². The summed E-state index contributed by atoms with van der Waals surface area (Å²) >= 11 is 0. The van der Waals surface area contributed by atoms with Crippen molar-refractivity contribution in [2.45, 2.75) is 46.1 Å². The van der Waals surface area contributed by atoms with Gasteiger partial charge in [-0.15, -0.1) is 0 Å². The predicted octanol–water partition coefficient (Wildman–Crippen LogP) is 1.54. The number of nitrogens with zero attached hydrogens (tertiary/aromatic N) is 3. The molecule has 2 heterocycles. The van der Waals surface area contributed by atoms with Crippen molar-refractivity contribution >= 4 is 5.91 Å². The van der Waals surface area contributed by atoms with Crippen LogP contribution in [0.25, 0.3) is 0 Å². The van der Waals surface area contributed by atoms with E-state index < -0.39 is 0 Å². The molecule has 6 nitrogen and oxygen atoms in total. The van der Waals surface area contributed by atoms with Gasteiger partial charge in [0.15, 0.2) is 5.82 Å². The molecule has 1 saturated heterocycles. The van der Waals surface area contributed by atoms with Crippen molar-refractivity contribution < 1.29 is 9.32 Å². The number of hydrogen-bond donors (Lipinski definition) is 1. The SMILES string of the molecule is CCNC(=O)C1CCN(C(C)c2nc(CC)no2)CC1. The Morgan fingerprint density at radius 2 is 2.15 bits per heavy atom. The van der Waals surface area contributed by atoms with Gasteiger partial charge in [-0.3, -0.25) is 9.69 Å². The molecule has 0 spiro atoms. The van der Waals surface area contributed by atoms with Crippen molar-refractivity contribution in [3.63, 3.8) is 0 Å². The quantitative estimate of drug-likeness (QED) is 0.886. The molecule has 2 rings (SSSR count). The van der Waals surface area contributed by atoms with Crippen molar-refractivity contribution in [3.8, 4) is 0 Å². The minimum Gasteiger partial charge on any atom is -0.356 e. The van der Waals surface area contributed by atoms with Crippen LogP contribution in [0.15, 0.2) is 4.52 Å². The Bertz CT molecular complexity index is 438. The van der Waals surface area contributed by atoms with Crippen LogP contribution in [-0.4, -0.2) is 40.6 Å². The van der Waals surface area contributed by atoms with Crippen molar-refractivity contribution in [1.29, 1.82) is 0 Å². The first-order valence-corrected chi connectivity index (χ1v) is 7.49. The first-order valence-electron chi connectivity index (χ1n) is 7.49. The molecule has 0 aromatic carbocycles. The highest BCUT2D eigenvalue weighted by Gasteiger charge is 2.29. The molecule has 6 heteroatoms. The number of amides is 1. The maximum absolute atomic E-state index is 11.8. The fourth-order valence-electron chi connectivity index (χ4n) is 2.60. The first-order chi connectivity index (χ1) is 9.65. The number of hydrogen-bond acceptors (Lipinski definition) is 5. The van der Waals surface area contributed by atoms with E-state index in [0.29, 0.717) is 12.4 Å². The maximum Gasteiger partial charge on any atom is 0.243 e. The highest BCUT2D eigenvalue weighted by molar-refractivity contribution is 5.78. The lowest BCUT2D eigenvalue weighted by atomic mass is 9.95. The summed E-state index contributed by atoms with van der Waals surface area (Å²) < 4.78 is 5.30. The monoisotopic (exact) mass is 280 g/mol. The van der Waals surface area contributed by atoms with Crippen molar-refractivity contribution in [3.05, 3.63) is 11.7 Å². The van der Waals surface area contributed by atoms with Crippen LogP contribution < -0.4 is 5.32 Å². The predicted molar refractivity (Wildman–Crippen MR) is 75.1 cm³/mol. The minimum atomic E-state index is 0.123. The third-order valence-electron chi connectivity index (χ3n) is 3.96. The number of rotatable bonds is 5. The molecule has 1 amide bonds. The number of carbonyl (C=O) groups is 1. The van der Waals surface area contributed by atoms with Gasteiger partial charge in [0, 0.05) is 18.9 Å².